The maximum atomic E-state index is 12.4. The van der Waals surface area contributed by atoms with Crippen molar-refractivity contribution in [2.45, 2.75) is 6.18 Å². The second-order valence-electron chi connectivity index (χ2n) is 3.66. The minimum Gasteiger partial charge on any atom is -0.478 e. The largest absolute Gasteiger partial charge is 0.478 e. The molecule has 0 spiro atoms. The molecule has 0 saturated carbocycles. The van der Waals surface area contributed by atoms with Gasteiger partial charge in [-0.25, -0.2) is 4.79 Å². The number of pyridine rings is 2. The fraction of sp³-hybridized carbons (Fsp3) is 0.0833. The Balaban J connectivity index is 2.46. The summed E-state index contributed by atoms with van der Waals surface area (Å²) in [5, 5.41) is 8.97. The van der Waals surface area contributed by atoms with Gasteiger partial charge in [0.05, 0.1) is 5.56 Å². The zero-order valence-corrected chi connectivity index (χ0v) is 9.35. The topological polar surface area (TPSA) is 63.1 Å². The van der Waals surface area contributed by atoms with Crippen LogP contribution in [-0.2, 0) is 6.18 Å². The summed E-state index contributed by atoms with van der Waals surface area (Å²) in [7, 11) is 0. The van der Waals surface area contributed by atoms with E-state index in [4.69, 9.17) is 5.11 Å². The Morgan fingerprint density at radius 1 is 1.16 bits per heavy atom. The highest BCUT2D eigenvalue weighted by Crippen LogP contribution is 2.29. The molecule has 0 radical (unpaired) electrons. The number of carboxylic acids is 1. The van der Waals surface area contributed by atoms with Crippen LogP contribution in [0.2, 0.25) is 0 Å². The molecule has 4 nitrogen and oxygen atoms in total. The number of hydrogen-bond acceptors (Lipinski definition) is 3. The summed E-state index contributed by atoms with van der Waals surface area (Å²) in [5.74, 6) is -1.21. The quantitative estimate of drug-likeness (QED) is 0.909. The van der Waals surface area contributed by atoms with Crippen LogP contribution in [0.15, 0.2) is 36.8 Å². The first kappa shape index (κ1) is 13.0. The van der Waals surface area contributed by atoms with E-state index in [-0.39, 0.29) is 16.7 Å². The van der Waals surface area contributed by atoms with E-state index in [9.17, 15) is 18.0 Å². The molecule has 0 atom stereocenters. The zero-order valence-electron chi connectivity index (χ0n) is 9.35. The zero-order chi connectivity index (χ0) is 14.0. The van der Waals surface area contributed by atoms with E-state index < -0.39 is 17.8 Å². The molecule has 2 heterocycles. The van der Waals surface area contributed by atoms with Gasteiger partial charge in [-0.05, 0) is 12.1 Å². The lowest BCUT2D eigenvalue weighted by molar-refractivity contribution is -0.141. The molecule has 0 fully saturated rings. The van der Waals surface area contributed by atoms with E-state index in [2.05, 4.69) is 9.97 Å². The molecule has 0 amide bonds. The van der Waals surface area contributed by atoms with Gasteiger partial charge in [0.1, 0.15) is 5.69 Å². The van der Waals surface area contributed by atoms with Crippen LogP contribution in [0.3, 0.4) is 0 Å². The summed E-state index contributed by atoms with van der Waals surface area (Å²) in [6.07, 6.45) is -1.04. The van der Waals surface area contributed by atoms with Crippen molar-refractivity contribution in [3.8, 4) is 11.1 Å². The summed E-state index contributed by atoms with van der Waals surface area (Å²) < 4.78 is 37.1. The number of aromatic nitrogens is 2. The van der Waals surface area contributed by atoms with E-state index >= 15 is 0 Å². The summed E-state index contributed by atoms with van der Waals surface area (Å²) in [6.45, 7) is 0. The summed E-state index contributed by atoms with van der Waals surface area (Å²) >= 11 is 0. The molecule has 0 saturated heterocycles. The van der Waals surface area contributed by atoms with E-state index in [0.717, 1.165) is 18.5 Å². The monoisotopic (exact) mass is 268 g/mol. The maximum Gasteiger partial charge on any atom is 0.433 e. The number of carboxylic acid groups (broad SMARTS) is 1. The smallest absolute Gasteiger partial charge is 0.433 e. The SMILES string of the molecule is O=C(O)c1cnccc1-c1ccc(C(F)(F)F)nc1. The fourth-order valence-corrected chi connectivity index (χ4v) is 1.54. The third-order valence-electron chi connectivity index (χ3n) is 2.42. The molecule has 0 aromatic carbocycles. The van der Waals surface area contributed by atoms with Crippen LogP contribution >= 0.6 is 0 Å². The highest BCUT2D eigenvalue weighted by Gasteiger charge is 2.32. The molecule has 2 rings (SSSR count). The first-order valence-corrected chi connectivity index (χ1v) is 5.10. The Kier molecular flexibility index (Phi) is 3.20. The van der Waals surface area contributed by atoms with Crippen LogP contribution in [-0.4, -0.2) is 21.0 Å². The van der Waals surface area contributed by atoms with Crippen LogP contribution in [0.5, 0.6) is 0 Å². The molecule has 19 heavy (non-hydrogen) atoms. The van der Waals surface area contributed by atoms with Crippen molar-refractivity contribution in [1.82, 2.24) is 9.97 Å². The minimum atomic E-state index is -4.52. The third kappa shape index (κ3) is 2.70. The van der Waals surface area contributed by atoms with E-state index in [1.807, 2.05) is 0 Å². The van der Waals surface area contributed by atoms with Gasteiger partial charge in [0.2, 0.25) is 0 Å². The number of aromatic carboxylic acids is 1. The first-order chi connectivity index (χ1) is 8.89. The predicted molar refractivity (Wildman–Crippen MR) is 59.4 cm³/mol. The normalized spacial score (nSPS) is 11.3. The highest BCUT2D eigenvalue weighted by molar-refractivity contribution is 5.95. The van der Waals surface area contributed by atoms with Gasteiger partial charge < -0.3 is 5.11 Å². The number of nitrogens with zero attached hydrogens (tertiary/aromatic N) is 2. The molecule has 0 aliphatic heterocycles. The van der Waals surface area contributed by atoms with Gasteiger partial charge >= 0.3 is 12.1 Å². The summed E-state index contributed by atoms with van der Waals surface area (Å²) in [5.41, 5.74) is -0.567. The van der Waals surface area contributed by atoms with Crippen molar-refractivity contribution in [2.24, 2.45) is 0 Å². The maximum absolute atomic E-state index is 12.4. The lowest BCUT2D eigenvalue weighted by Crippen LogP contribution is -2.07. The van der Waals surface area contributed by atoms with Crippen LogP contribution < -0.4 is 0 Å². The summed E-state index contributed by atoms with van der Waals surface area (Å²) in [4.78, 5) is 17.9. The lowest BCUT2D eigenvalue weighted by atomic mass is 10.0. The van der Waals surface area contributed by atoms with Gasteiger partial charge in [-0.15, -0.1) is 0 Å². The number of rotatable bonds is 2. The average molecular weight is 268 g/mol. The van der Waals surface area contributed by atoms with Gasteiger partial charge in [-0.3, -0.25) is 9.97 Å². The lowest BCUT2D eigenvalue weighted by Gasteiger charge is -2.08. The van der Waals surface area contributed by atoms with Gasteiger partial charge in [-0.2, -0.15) is 13.2 Å². The Labute approximate surface area is 105 Å². The molecular weight excluding hydrogens is 261 g/mol. The second-order valence-corrected chi connectivity index (χ2v) is 3.66. The van der Waals surface area contributed by atoms with Crippen molar-refractivity contribution in [3.63, 3.8) is 0 Å². The van der Waals surface area contributed by atoms with Crippen molar-refractivity contribution >= 4 is 5.97 Å². The molecule has 0 aliphatic carbocycles. The first-order valence-electron chi connectivity index (χ1n) is 5.10. The Morgan fingerprint density at radius 2 is 1.89 bits per heavy atom. The van der Waals surface area contributed by atoms with Gasteiger partial charge in [-0.1, -0.05) is 6.07 Å². The fourth-order valence-electron chi connectivity index (χ4n) is 1.54. The van der Waals surface area contributed by atoms with Gasteiger partial charge in [0, 0.05) is 29.7 Å². The van der Waals surface area contributed by atoms with Crippen molar-refractivity contribution in [3.05, 3.63) is 48.0 Å². The Bertz CT molecular complexity index is 609. The number of hydrogen-bond donors (Lipinski definition) is 1. The second kappa shape index (κ2) is 4.68. The molecule has 0 aliphatic rings. The van der Waals surface area contributed by atoms with Crippen LogP contribution in [0.4, 0.5) is 13.2 Å². The number of alkyl halides is 3. The van der Waals surface area contributed by atoms with Crippen molar-refractivity contribution in [1.29, 1.82) is 0 Å². The van der Waals surface area contributed by atoms with Gasteiger partial charge in [0.25, 0.3) is 0 Å². The molecule has 98 valence electrons. The summed E-state index contributed by atoms with van der Waals surface area (Å²) in [6, 6.07) is 3.40. The molecular formula is C12H7F3N2O2. The van der Waals surface area contributed by atoms with Crippen LogP contribution in [0.1, 0.15) is 16.1 Å². The van der Waals surface area contributed by atoms with E-state index in [0.29, 0.717) is 0 Å². The highest BCUT2D eigenvalue weighted by atomic mass is 19.4. The van der Waals surface area contributed by atoms with Crippen molar-refractivity contribution < 1.29 is 23.1 Å². The molecule has 7 heteroatoms. The molecule has 1 N–H and O–H groups in total. The Morgan fingerprint density at radius 3 is 2.42 bits per heavy atom. The average Bonchev–Trinajstić information content (AvgIpc) is 2.38. The molecule has 2 aromatic rings. The third-order valence-corrected chi connectivity index (χ3v) is 2.42. The minimum absolute atomic E-state index is 0.0935. The van der Waals surface area contributed by atoms with E-state index in [1.165, 1.54) is 18.3 Å². The molecule has 0 unspecified atom stereocenters. The van der Waals surface area contributed by atoms with E-state index in [1.54, 1.807) is 0 Å². The molecule has 0 bridgehead atoms. The number of carbonyl (C=O) groups is 1. The predicted octanol–water partition coefficient (Wildman–Crippen LogP) is 2.86. The molecule has 2 aromatic heterocycles. The van der Waals surface area contributed by atoms with Crippen molar-refractivity contribution in [2.75, 3.05) is 0 Å². The van der Waals surface area contributed by atoms with Gasteiger partial charge in [0.15, 0.2) is 0 Å². The Hall–Kier alpha value is -2.44. The number of halogens is 3. The van der Waals surface area contributed by atoms with Crippen LogP contribution in [0, 0.1) is 0 Å². The standard InChI is InChI=1S/C12H7F3N2O2/c13-12(14,15)10-2-1-7(5-17-10)8-3-4-16-6-9(8)11(18)19/h1-6H,(H,18,19). The van der Waals surface area contributed by atoms with Crippen LogP contribution in [0.25, 0.3) is 11.1 Å².